The van der Waals surface area contributed by atoms with Crippen LogP contribution in [-0.4, -0.2) is 38.8 Å². The molecule has 1 atom stereocenters. The summed E-state index contributed by atoms with van der Waals surface area (Å²) in [6.45, 7) is 5.34. The van der Waals surface area contributed by atoms with Crippen molar-refractivity contribution in [1.82, 2.24) is 19.9 Å². The zero-order valence-electron chi connectivity index (χ0n) is 16.7. The first-order valence-corrected chi connectivity index (χ1v) is 10.5. The van der Waals surface area contributed by atoms with Crippen molar-refractivity contribution in [3.8, 4) is 0 Å². The second-order valence-electron chi connectivity index (χ2n) is 8.37. The van der Waals surface area contributed by atoms with Gasteiger partial charge in [-0.25, -0.2) is 9.97 Å². The Morgan fingerprint density at radius 1 is 1.17 bits per heavy atom. The number of hydrogen-bond acceptors (Lipinski definition) is 4. The summed E-state index contributed by atoms with van der Waals surface area (Å²) in [5, 5.41) is 1.43. The predicted molar refractivity (Wildman–Crippen MR) is 113 cm³/mol. The number of fused-ring (bicyclic) bond motifs is 3. The molecule has 3 heterocycles. The van der Waals surface area contributed by atoms with E-state index in [0.29, 0.717) is 17.1 Å². The summed E-state index contributed by atoms with van der Waals surface area (Å²) in [5.74, 6) is 0.861. The normalized spacial score (nSPS) is 21.0. The molecule has 1 aliphatic carbocycles. The van der Waals surface area contributed by atoms with Crippen LogP contribution in [0.5, 0.6) is 0 Å². The Morgan fingerprint density at radius 2 is 2.03 bits per heavy atom. The minimum absolute atomic E-state index is 0.0491. The number of halogens is 1. The molecule has 0 saturated carbocycles. The summed E-state index contributed by atoms with van der Waals surface area (Å²) >= 11 is 6.22. The summed E-state index contributed by atoms with van der Waals surface area (Å²) in [6, 6.07) is 7.43. The third-order valence-electron chi connectivity index (χ3n) is 6.35. The van der Waals surface area contributed by atoms with E-state index in [1.54, 1.807) is 0 Å². The molecule has 0 N–H and O–H groups in total. The van der Waals surface area contributed by atoms with Crippen LogP contribution in [0, 0.1) is 13.8 Å². The number of rotatable bonds is 1. The van der Waals surface area contributed by atoms with Gasteiger partial charge in [-0.3, -0.25) is 9.78 Å². The van der Waals surface area contributed by atoms with Gasteiger partial charge in [-0.05, 0) is 69.4 Å². The Bertz CT molecular complexity index is 1140. The molecule has 1 unspecified atom stereocenters. The van der Waals surface area contributed by atoms with Crippen molar-refractivity contribution in [2.45, 2.75) is 44.9 Å². The van der Waals surface area contributed by atoms with Crippen molar-refractivity contribution in [3.63, 3.8) is 0 Å². The van der Waals surface area contributed by atoms with Gasteiger partial charge in [-0.2, -0.15) is 0 Å². The average Bonchev–Trinajstić information content (AvgIpc) is 3.04. The summed E-state index contributed by atoms with van der Waals surface area (Å²) in [6.07, 6.45) is 6.05. The van der Waals surface area contributed by atoms with Crippen LogP contribution in [-0.2, 0) is 11.8 Å². The smallest absolute Gasteiger partial charge is 0.254 e. The van der Waals surface area contributed by atoms with Crippen molar-refractivity contribution < 1.29 is 4.79 Å². The molecule has 0 radical (unpaired) electrons. The van der Waals surface area contributed by atoms with E-state index in [2.05, 4.69) is 9.97 Å². The number of carbonyl (C=O) groups is 1. The summed E-state index contributed by atoms with van der Waals surface area (Å²) in [7, 11) is 0. The molecule has 3 aromatic rings. The van der Waals surface area contributed by atoms with Gasteiger partial charge >= 0.3 is 0 Å². The molecule has 29 heavy (non-hydrogen) atoms. The fourth-order valence-corrected chi connectivity index (χ4v) is 5.18. The van der Waals surface area contributed by atoms with Crippen molar-refractivity contribution in [3.05, 3.63) is 63.8 Å². The van der Waals surface area contributed by atoms with E-state index < -0.39 is 0 Å². The molecule has 5 rings (SSSR count). The largest absolute Gasteiger partial charge is 0.338 e. The number of pyridine rings is 1. The number of aryl methyl sites for hydroxylation is 3. The van der Waals surface area contributed by atoms with E-state index in [-0.39, 0.29) is 11.3 Å². The number of piperidine rings is 1. The average molecular weight is 407 g/mol. The first-order chi connectivity index (χ1) is 13.9. The van der Waals surface area contributed by atoms with E-state index in [1.807, 2.05) is 49.2 Å². The summed E-state index contributed by atoms with van der Waals surface area (Å²) in [4.78, 5) is 29.4. The highest BCUT2D eigenvalue weighted by Gasteiger charge is 2.44. The van der Waals surface area contributed by atoms with Crippen LogP contribution in [0.15, 0.2) is 30.5 Å². The van der Waals surface area contributed by atoms with Crippen molar-refractivity contribution in [1.29, 1.82) is 0 Å². The SMILES string of the molecule is Cc1cc(C(=O)N2CCCC3(CCc4cnc(C)nc43)C2)c2cc(Cl)ccc2n1. The molecule has 2 aromatic heterocycles. The van der Waals surface area contributed by atoms with Crippen molar-refractivity contribution in [2.24, 2.45) is 0 Å². The maximum Gasteiger partial charge on any atom is 0.254 e. The second-order valence-corrected chi connectivity index (χ2v) is 8.81. The molecule has 5 nitrogen and oxygen atoms in total. The second kappa shape index (κ2) is 6.77. The van der Waals surface area contributed by atoms with Crippen LogP contribution in [0.3, 0.4) is 0 Å². The van der Waals surface area contributed by atoms with Gasteiger partial charge in [-0.1, -0.05) is 11.6 Å². The van der Waals surface area contributed by atoms with Gasteiger partial charge in [0.05, 0.1) is 16.8 Å². The highest BCUT2D eigenvalue weighted by molar-refractivity contribution is 6.31. The molecule has 148 valence electrons. The Kier molecular flexibility index (Phi) is 4.32. The van der Waals surface area contributed by atoms with Gasteiger partial charge in [0.1, 0.15) is 5.82 Å². The van der Waals surface area contributed by atoms with Crippen LogP contribution >= 0.6 is 11.6 Å². The molecule has 1 aliphatic heterocycles. The minimum Gasteiger partial charge on any atom is -0.338 e. The fraction of sp³-hybridized carbons (Fsp3) is 0.391. The van der Waals surface area contributed by atoms with Crippen LogP contribution in [0.4, 0.5) is 0 Å². The van der Waals surface area contributed by atoms with Crippen LogP contribution in [0.25, 0.3) is 10.9 Å². The predicted octanol–water partition coefficient (Wildman–Crippen LogP) is 4.42. The molecule has 2 aliphatic rings. The van der Waals surface area contributed by atoms with Gasteiger partial charge in [0.25, 0.3) is 5.91 Å². The van der Waals surface area contributed by atoms with Crippen LogP contribution in [0.1, 0.15) is 52.4 Å². The Morgan fingerprint density at radius 3 is 2.90 bits per heavy atom. The lowest BCUT2D eigenvalue weighted by Crippen LogP contribution is -2.48. The van der Waals surface area contributed by atoms with Gasteiger partial charge in [0.2, 0.25) is 0 Å². The van der Waals surface area contributed by atoms with Gasteiger partial charge in [-0.15, -0.1) is 0 Å². The highest BCUT2D eigenvalue weighted by atomic mass is 35.5. The molecule has 1 spiro atoms. The number of amides is 1. The Balaban J connectivity index is 1.53. The topological polar surface area (TPSA) is 59.0 Å². The maximum atomic E-state index is 13.6. The fourth-order valence-electron chi connectivity index (χ4n) is 5.01. The summed E-state index contributed by atoms with van der Waals surface area (Å²) < 4.78 is 0. The van der Waals surface area contributed by atoms with Gasteiger partial charge in [0.15, 0.2) is 0 Å². The number of hydrogen-bond donors (Lipinski definition) is 0. The zero-order chi connectivity index (χ0) is 20.2. The molecule has 6 heteroatoms. The van der Waals surface area contributed by atoms with Crippen molar-refractivity contribution in [2.75, 3.05) is 13.1 Å². The molecule has 1 fully saturated rings. The van der Waals surface area contributed by atoms with Gasteiger partial charge < -0.3 is 4.90 Å². The zero-order valence-corrected chi connectivity index (χ0v) is 17.5. The molecule has 1 aromatic carbocycles. The lowest BCUT2D eigenvalue weighted by Gasteiger charge is -2.40. The maximum absolute atomic E-state index is 13.6. The Labute approximate surface area is 175 Å². The lowest BCUT2D eigenvalue weighted by molar-refractivity contribution is 0.0635. The third-order valence-corrected chi connectivity index (χ3v) is 6.59. The first kappa shape index (κ1) is 18.5. The van der Waals surface area contributed by atoms with Crippen LogP contribution in [0.2, 0.25) is 5.02 Å². The van der Waals surface area contributed by atoms with Crippen molar-refractivity contribution >= 4 is 28.4 Å². The number of likely N-dealkylation sites (tertiary alicyclic amines) is 1. The van der Waals surface area contributed by atoms with E-state index in [9.17, 15) is 4.79 Å². The molecular weight excluding hydrogens is 384 g/mol. The van der Waals surface area contributed by atoms with E-state index in [0.717, 1.165) is 60.3 Å². The standard InChI is InChI=1S/C23H23ClN4O/c1-14-10-19(18-11-17(24)4-5-20(18)26-14)22(29)28-9-3-7-23(13-28)8-6-16-12-25-15(2)27-21(16)23/h4-5,10-12H,3,6-9,13H2,1-2H3. The first-order valence-electron chi connectivity index (χ1n) is 10.1. The van der Waals surface area contributed by atoms with E-state index >= 15 is 0 Å². The monoisotopic (exact) mass is 406 g/mol. The third kappa shape index (κ3) is 3.08. The molecule has 0 bridgehead atoms. The Hall–Kier alpha value is -2.53. The number of carbonyl (C=O) groups excluding carboxylic acids is 1. The summed E-state index contributed by atoms with van der Waals surface area (Å²) in [5.41, 5.74) is 4.67. The van der Waals surface area contributed by atoms with E-state index in [4.69, 9.17) is 16.6 Å². The molecule has 1 saturated heterocycles. The molecular formula is C23H23ClN4O. The quantitative estimate of drug-likeness (QED) is 0.600. The highest BCUT2D eigenvalue weighted by Crippen LogP contribution is 2.44. The number of nitrogens with zero attached hydrogens (tertiary/aromatic N) is 4. The molecule has 1 amide bonds. The van der Waals surface area contributed by atoms with E-state index in [1.165, 1.54) is 5.56 Å². The number of benzene rings is 1. The van der Waals surface area contributed by atoms with Crippen LogP contribution < -0.4 is 0 Å². The lowest BCUT2D eigenvalue weighted by atomic mass is 9.77. The minimum atomic E-state index is -0.0491. The number of aromatic nitrogens is 3. The van der Waals surface area contributed by atoms with Gasteiger partial charge in [0, 0.05) is 40.8 Å².